The van der Waals surface area contributed by atoms with Crippen LogP contribution in [0.1, 0.15) is 22.3 Å². The van der Waals surface area contributed by atoms with Gasteiger partial charge in [-0.3, -0.25) is 0 Å². The quantitative estimate of drug-likeness (QED) is 0.755. The number of hydrogen-bond acceptors (Lipinski definition) is 3. The molecule has 0 radical (unpaired) electrons. The van der Waals surface area contributed by atoms with Crippen molar-refractivity contribution in [2.75, 3.05) is 11.9 Å². The number of anilines is 1. The zero-order valence-corrected chi connectivity index (χ0v) is 13.9. The van der Waals surface area contributed by atoms with Gasteiger partial charge in [-0.2, -0.15) is 5.10 Å². The molecule has 22 heavy (non-hydrogen) atoms. The average Bonchev–Trinajstić information content (AvgIpc) is 3.17. The third-order valence-electron chi connectivity index (χ3n) is 4.35. The maximum Gasteiger partial charge on any atom is 0.133 e. The van der Waals surface area contributed by atoms with Crippen LogP contribution in [0.3, 0.4) is 0 Å². The van der Waals surface area contributed by atoms with Crippen molar-refractivity contribution in [3.05, 3.63) is 51.9 Å². The van der Waals surface area contributed by atoms with Crippen LogP contribution in [-0.4, -0.2) is 16.3 Å². The van der Waals surface area contributed by atoms with E-state index >= 15 is 0 Å². The topological polar surface area (TPSA) is 29.9 Å². The van der Waals surface area contributed by atoms with Crippen LogP contribution < -0.4 is 5.32 Å². The third kappa shape index (κ3) is 2.06. The number of hydrogen-bond donors (Lipinski definition) is 1. The third-order valence-corrected chi connectivity index (χ3v) is 5.40. The van der Waals surface area contributed by atoms with E-state index in [-0.39, 0.29) is 0 Å². The average molecular weight is 309 g/mol. The van der Waals surface area contributed by atoms with Crippen molar-refractivity contribution in [2.45, 2.75) is 27.2 Å². The van der Waals surface area contributed by atoms with E-state index in [1.54, 1.807) is 11.3 Å². The highest BCUT2D eigenvalue weighted by molar-refractivity contribution is 7.13. The summed E-state index contributed by atoms with van der Waals surface area (Å²) in [6, 6.07) is 8.77. The summed E-state index contributed by atoms with van der Waals surface area (Å²) in [5, 5.41) is 10.6. The molecule has 1 aliphatic rings. The van der Waals surface area contributed by atoms with Crippen molar-refractivity contribution in [3.63, 3.8) is 0 Å². The van der Waals surface area contributed by atoms with Crippen LogP contribution in [0.15, 0.2) is 29.6 Å². The summed E-state index contributed by atoms with van der Waals surface area (Å²) in [5.74, 6) is 1.16. The fraction of sp³-hybridized carbons (Fsp3) is 0.278. The second-order valence-electron chi connectivity index (χ2n) is 6.02. The van der Waals surface area contributed by atoms with Gasteiger partial charge in [0.2, 0.25) is 0 Å². The molecule has 112 valence electrons. The van der Waals surface area contributed by atoms with E-state index in [9.17, 15) is 0 Å². The number of aromatic nitrogens is 2. The maximum absolute atomic E-state index is 4.92. The summed E-state index contributed by atoms with van der Waals surface area (Å²) in [4.78, 5) is 1.26. The molecule has 0 saturated heterocycles. The number of nitrogens with one attached hydrogen (secondary N) is 1. The summed E-state index contributed by atoms with van der Waals surface area (Å²) in [5.41, 5.74) is 7.54. The number of nitrogens with zero attached hydrogens (tertiary/aromatic N) is 2. The fourth-order valence-electron chi connectivity index (χ4n) is 2.97. The molecule has 1 aromatic carbocycles. The predicted molar refractivity (Wildman–Crippen MR) is 93.3 cm³/mol. The Morgan fingerprint density at radius 3 is 2.73 bits per heavy atom. The molecule has 0 atom stereocenters. The maximum atomic E-state index is 4.92. The SMILES string of the molecule is Cc1csc(-c2nn(-c3ccc(C)c(C)c3)c3c2CCN3)c1. The Morgan fingerprint density at radius 1 is 1.14 bits per heavy atom. The molecule has 1 aliphatic heterocycles. The summed E-state index contributed by atoms with van der Waals surface area (Å²) in [6.45, 7) is 7.43. The zero-order chi connectivity index (χ0) is 15.3. The van der Waals surface area contributed by atoms with Crippen LogP contribution in [-0.2, 0) is 6.42 Å². The Bertz CT molecular complexity index is 857. The second kappa shape index (κ2) is 4.99. The monoisotopic (exact) mass is 309 g/mol. The molecule has 3 nitrogen and oxygen atoms in total. The number of rotatable bonds is 2. The predicted octanol–water partition coefficient (Wildman–Crippen LogP) is 4.49. The Labute approximate surface area is 134 Å². The van der Waals surface area contributed by atoms with E-state index in [0.29, 0.717) is 0 Å². The molecule has 0 saturated carbocycles. The van der Waals surface area contributed by atoms with Gasteiger partial charge in [-0.1, -0.05) is 6.07 Å². The minimum absolute atomic E-state index is 0.995. The van der Waals surface area contributed by atoms with Gasteiger partial charge >= 0.3 is 0 Å². The Balaban J connectivity index is 1.89. The summed E-state index contributed by atoms with van der Waals surface area (Å²) < 4.78 is 2.07. The Hall–Kier alpha value is -2.07. The van der Waals surface area contributed by atoms with Gasteiger partial charge in [0.1, 0.15) is 11.5 Å². The van der Waals surface area contributed by atoms with Crippen molar-refractivity contribution in [1.82, 2.24) is 9.78 Å². The van der Waals surface area contributed by atoms with Crippen LogP contribution in [0.5, 0.6) is 0 Å². The van der Waals surface area contributed by atoms with Gasteiger partial charge in [-0.15, -0.1) is 11.3 Å². The fourth-order valence-corrected chi connectivity index (χ4v) is 3.88. The first-order chi connectivity index (χ1) is 10.6. The van der Waals surface area contributed by atoms with Gasteiger partial charge < -0.3 is 5.32 Å². The normalized spacial score (nSPS) is 13.2. The molecular weight excluding hydrogens is 290 g/mol. The lowest BCUT2D eigenvalue weighted by molar-refractivity contribution is 0.881. The van der Waals surface area contributed by atoms with Crippen molar-refractivity contribution in [3.8, 4) is 16.3 Å². The van der Waals surface area contributed by atoms with Gasteiger partial charge in [-0.05, 0) is 67.5 Å². The number of aryl methyl sites for hydroxylation is 3. The van der Waals surface area contributed by atoms with Crippen molar-refractivity contribution < 1.29 is 0 Å². The van der Waals surface area contributed by atoms with Gasteiger partial charge in [-0.25, -0.2) is 4.68 Å². The first-order valence-electron chi connectivity index (χ1n) is 7.62. The molecule has 0 fully saturated rings. The molecule has 0 amide bonds. The first kappa shape index (κ1) is 13.6. The molecule has 0 spiro atoms. The van der Waals surface area contributed by atoms with E-state index < -0.39 is 0 Å². The smallest absolute Gasteiger partial charge is 0.133 e. The van der Waals surface area contributed by atoms with Crippen LogP contribution in [0.2, 0.25) is 0 Å². The molecule has 4 heteroatoms. The summed E-state index contributed by atoms with van der Waals surface area (Å²) in [7, 11) is 0. The molecule has 0 unspecified atom stereocenters. The highest BCUT2D eigenvalue weighted by Crippen LogP contribution is 2.37. The van der Waals surface area contributed by atoms with E-state index in [1.165, 1.54) is 27.1 Å². The largest absolute Gasteiger partial charge is 0.369 e. The van der Waals surface area contributed by atoms with Crippen LogP contribution >= 0.6 is 11.3 Å². The molecule has 1 N–H and O–H groups in total. The molecule has 4 rings (SSSR count). The molecule has 2 aromatic heterocycles. The van der Waals surface area contributed by atoms with Crippen molar-refractivity contribution in [1.29, 1.82) is 0 Å². The number of benzene rings is 1. The van der Waals surface area contributed by atoms with E-state index in [0.717, 1.165) is 30.2 Å². The van der Waals surface area contributed by atoms with Gasteiger partial charge in [0, 0.05) is 12.1 Å². The van der Waals surface area contributed by atoms with Gasteiger partial charge in [0.25, 0.3) is 0 Å². The van der Waals surface area contributed by atoms with Crippen molar-refractivity contribution in [2.24, 2.45) is 0 Å². The lowest BCUT2D eigenvalue weighted by Crippen LogP contribution is -2.04. The lowest BCUT2D eigenvalue weighted by atomic mass is 10.1. The minimum atomic E-state index is 0.995. The molecular formula is C18H19N3S. The molecule has 0 bridgehead atoms. The minimum Gasteiger partial charge on any atom is -0.369 e. The Morgan fingerprint density at radius 2 is 2.00 bits per heavy atom. The number of thiophene rings is 1. The van der Waals surface area contributed by atoms with Crippen LogP contribution in [0, 0.1) is 20.8 Å². The first-order valence-corrected chi connectivity index (χ1v) is 8.50. The van der Waals surface area contributed by atoms with Crippen LogP contribution in [0.25, 0.3) is 16.3 Å². The van der Waals surface area contributed by atoms with Crippen molar-refractivity contribution >= 4 is 17.2 Å². The highest BCUT2D eigenvalue weighted by atomic mass is 32.1. The molecule has 3 aromatic rings. The lowest BCUT2D eigenvalue weighted by Gasteiger charge is -2.08. The second-order valence-corrected chi connectivity index (χ2v) is 6.93. The van der Waals surface area contributed by atoms with E-state index in [4.69, 9.17) is 5.10 Å². The Kier molecular flexibility index (Phi) is 3.08. The number of fused-ring (bicyclic) bond motifs is 1. The molecule has 0 aliphatic carbocycles. The van der Waals surface area contributed by atoms with E-state index in [2.05, 4.69) is 60.4 Å². The summed E-state index contributed by atoms with van der Waals surface area (Å²) >= 11 is 1.78. The molecule has 3 heterocycles. The standard InChI is InChI=1S/C18H19N3S/c1-11-8-16(22-10-11)17-15-6-7-19-18(15)21(20-17)14-5-4-12(2)13(3)9-14/h4-5,8-10,19H,6-7H2,1-3H3. The summed E-state index contributed by atoms with van der Waals surface area (Å²) in [6.07, 6.45) is 1.05. The van der Waals surface area contributed by atoms with E-state index in [1.807, 2.05) is 0 Å². The van der Waals surface area contributed by atoms with Gasteiger partial charge in [0.05, 0.1) is 10.6 Å². The highest BCUT2D eigenvalue weighted by Gasteiger charge is 2.24. The van der Waals surface area contributed by atoms with Crippen LogP contribution in [0.4, 0.5) is 5.82 Å². The van der Waals surface area contributed by atoms with Gasteiger partial charge in [0.15, 0.2) is 0 Å². The zero-order valence-electron chi connectivity index (χ0n) is 13.1.